The van der Waals surface area contributed by atoms with E-state index in [0.717, 1.165) is 11.6 Å². The largest absolute Gasteiger partial charge is 0.483 e. The van der Waals surface area contributed by atoms with Crippen molar-refractivity contribution >= 4 is 23.1 Å². The first kappa shape index (κ1) is 27.6. The van der Waals surface area contributed by atoms with Crippen LogP contribution in [0.15, 0.2) is 54.7 Å². The molecule has 0 unspecified atom stereocenters. The molecule has 9 nitrogen and oxygen atoms in total. The van der Waals surface area contributed by atoms with Crippen LogP contribution in [0.3, 0.4) is 0 Å². The van der Waals surface area contributed by atoms with Gasteiger partial charge < -0.3 is 10.1 Å². The quantitative estimate of drug-likeness (QED) is 0.226. The third kappa shape index (κ3) is 6.01. The molecule has 0 saturated carbocycles. The molecule has 0 saturated heterocycles. The zero-order valence-electron chi connectivity index (χ0n) is 21.6. The summed E-state index contributed by atoms with van der Waals surface area (Å²) in [6.07, 6.45) is -3.24. The van der Waals surface area contributed by atoms with Crippen molar-refractivity contribution in [3.8, 4) is 28.3 Å². The van der Waals surface area contributed by atoms with Gasteiger partial charge in [-0.15, -0.1) is 0 Å². The number of ether oxygens (including phenoxy) is 1. The summed E-state index contributed by atoms with van der Waals surface area (Å²) in [6.45, 7) is 6.49. The number of benzene rings is 2. The Morgan fingerprint density at radius 1 is 1.05 bits per heavy atom. The predicted octanol–water partition coefficient (Wildman–Crippen LogP) is 5.26. The summed E-state index contributed by atoms with van der Waals surface area (Å²) in [5.41, 5.74) is 2.43. The summed E-state index contributed by atoms with van der Waals surface area (Å²) in [5.74, 6) is -1.73. The highest BCUT2D eigenvalue weighted by atomic mass is 19.4. The number of hydrogen-bond acceptors (Lipinski definition) is 6. The van der Waals surface area contributed by atoms with Gasteiger partial charge in [0.2, 0.25) is 5.91 Å². The molecule has 0 radical (unpaired) electrons. The Bertz CT molecular complexity index is 1560. The maximum Gasteiger partial charge on any atom is 0.420 e. The zero-order valence-corrected chi connectivity index (χ0v) is 21.6. The maximum absolute atomic E-state index is 14.1. The third-order valence-electron chi connectivity index (χ3n) is 5.85. The molecule has 4 rings (SSSR count). The number of halogens is 3. The summed E-state index contributed by atoms with van der Waals surface area (Å²) in [5, 5.41) is 15.9. The number of amides is 2. The van der Waals surface area contributed by atoms with Gasteiger partial charge in [0.15, 0.2) is 12.3 Å². The summed E-state index contributed by atoms with van der Waals surface area (Å²) < 4.78 is 48.6. The van der Waals surface area contributed by atoms with Crippen molar-refractivity contribution in [2.45, 2.75) is 33.9 Å². The summed E-state index contributed by atoms with van der Waals surface area (Å²) in [7, 11) is 0. The van der Waals surface area contributed by atoms with E-state index in [1.54, 1.807) is 12.3 Å². The van der Waals surface area contributed by atoms with Crippen molar-refractivity contribution in [2.75, 3.05) is 11.9 Å². The predicted molar refractivity (Wildman–Crippen MR) is 137 cm³/mol. The molecule has 0 spiro atoms. The highest BCUT2D eigenvalue weighted by Crippen LogP contribution is 2.42. The number of carbonyl (C=O) groups excluding carboxylic acids is 2. The van der Waals surface area contributed by atoms with E-state index in [0.29, 0.717) is 22.6 Å². The molecule has 0 atom stereocenters. The molecule has 2 heterocycles. The van der Waals surface area contributed by atoms with Crippen LogP contribution in [0.5, 0.6) is 5.75 Å². The number of aromatic nitrogens is 3. The van der Waals surface area contributed by atoms with Crippen LogP contribution in [-0.2, 0) is 15.8 Å². The minimum absolute atomic E-state index is 0.00197. The van der Waals surface area contributed by atoms with Crippen molar-refractivity contribution in [1.82, 2.24) is 20.1 Å². The second kappa shape index (κ2) is 10.4. The van der Waals surface area contributed by atoms with Crippen LogP contribution in [0, 0.1) is 12.3 Å². The van der Waals surface area contributed by atoms with Gasteiger partial charge in [0, 0.05) is 22.2 Å². The van der Waals surface area contributed by atoms with Crippen LogP contribution in [0.25, 0.3) is 28.2 Å². The second-order valence-electron chi connectivity index (χ2n) is 9.88. The van der Waals surface area contributed by atoms with E-state index in [1.807, 2.05) is 39.8 Å². The van der Waals surface area contributed by atoms with Crippen LogP contribution in [0.2, 0.25) is 0 Å². The number of fused-ring (bicyclic) bond motifs is 1. The van der Waals surface area contributed by atoms with Crippen LogP contribution < -0.4 is 15.5 Å². The lowest BCUT2D eigenvalue weighted by atomic mass is 9.95. The molecular weight excluding hydrogens is 515 g/mol. The average Bonchev–Trinajstić information content (AvgIpc) is 3.30. The van der Waals surface area contributed by atoms with Gasteiger partial charge >= 0.3 is 6.18 Å². The number of imidazole rings is 1. The fraction of sp³-hybridized carbons (Fsp3) is 0.259. The number of nitrogens with zero attached hydrogens (tertiary/aromatic N) is 3. The summed E-state index contributed by atoms with van der Waals surface area (Å²) in [4.78, 5) is 28.3. The Morgan fingerprint density at radius 3 is 2.46 bits per heavy atom. The lowest BCUT2D eigenvalue weighted by molar-refractivity contribution is -0.140. The minimum Gasteiger partial charge on any atom is -0.483 e. The van der Waals surface area contributed by atoms with E-state index in [-0.39, 0.29) is 17.2 Å². The SMILES string of the molecule is Cc1ccc(-c2cn3nc(-c4cccc(OCC(=O)NO)c4C(F)(F)F)ccc3n2)cc1NC(=O)C(C)(C)C. The Kier molecular flexibility index (Phi) is 7.33. The molecule has 2 aromatic carbocycles. The molecule has 0 bridgehead atoms. The standard InChI is InChI=1S/C27H26F3N5O4/c1-15-8-9-16(12-19(15)32-25(37)26(2,3)4)20-13-35-22(31-20)11-10-18(33-35)17-6-5-7-21(24(17)27(28,29)30)39-14-23(36)34-38/h5-13,38H,14H2,1-4H3,(H,32,37)(H,34,36). The zero-order chi connectivity index (χ0) is 28.5. The molecule has 0 aliphatic carbocycles. The number of nitrogens with one attached hydrogen (secondary N) is 2. The lowest BCUT2D eigenvalue weighted by Crippen LogP contribution is -2.27. The van der Waals surface area contributed by atoms with Crippen LogP contribution >= 0.6 is 0 Å². The molecule has 204 valence electrons. The van der Waals surface area contributed by atoms with Crippen molar-refractivity contribution in [3.63, 3.8) is 0 Å². The van der Waals surface area contributed by atoms with Crippen molar-refractivity contribution < 1.29 is 32.7 Å². The summed E-state index contributed by atoms with van der Waals surface area (Å²) >= 11 is 0. The van der Waals surface area contributed by atoms with Gasteiger partial charge in [-0.1, -0.05) is 45.0 Å². The molecule has 2 amide bonds. The van der Waals surface area contributed by atoms with E-state index >= 15 is 0 Å². The first-order valence-electron chi connectivity index (χ1n) is 11.8. The number of alkyl halides is 3. The van der Waals surface area contributed by atoms with E-state index in [4.69, 9.17) is 9.94 Å². The number of rotatable bonds is 6. The molecule has 0 aliphatic heterocycles. The monoisotopic (exact) mass is 541 g/mol. The van der Waals surface area contributed by atoms with Crippen molar-refractivity contribution in [2.24, 2.45) is 5.41 Å². The number of hydrogen-bond donors (Lipinski definition) is 3. The van der Waals surface area contributed by atoms with Gasteiger partial charge in [-0.2, -0.15) is 18.3 Å². The van der Waals surface area contributed by atoms with Gasteiger partial charge in [0.25, 0.3) is 5.91 Å². The van der Waals surface area contributed by atoms with Crippen LogP contribution in [-0.4, -0.2) is 38.2 Å². The molecular formula is C27H26F3N5O4. The van der Waals surface area contributed by atoms with Gasteiger partial charge in [-0.05, 0) is 36.8 Å². The molecule has 12 heteroatoms. The van der Waals surface area contributed by atoms with E-state index < -0.39 is 35.4 Å². The van der Waals surface area contributed by atoms with Gasteiger partial charge in [-0.3, -0.25) is 14.8 Å². The molecule has 0 aliphatic rings. The normalized spacial score (nSPS) is 11.9. The number of hydroxylamine groups is 1. The van der Waals surface area contributed by atoms with Crippen LogP contribution in [0.1, 0.15) is 31.9 Å². The topological polar surface area (TPSA) is 118 Å². The van der Waals surface area contributed by atoms with Gasteiger partial charge in [0.05, 0.1) is 17.6 Å². The summed E-state index contributed by atoms with van der Waals surface area (Å²) in [6, 6.07) is 12.1. The molecule has 3 N–H and O–H groups in total. The fourth-order valence-corrected chi connectivity index (χ4v) is 3.72. The Morgan fingerprint density at radius 2 is 1.79 bits per heavy atom. The molecule has 39 heavy (non-hydrogen) atoms. The number of aryl methyl sites for hydroxylation is 1. The second-order valence-corrected chi connectivity index (χ2v) is 9.88. The van der Waals surface area contributed by atoms with Crippen molar-refractivity contribution in [3.05, 3.63) is 65.9 Å². The Labute approximate surface area is 221 Å². The van der Waals surface area contributed by atoms with E-state index in [1.165, 1.54) is 34.3 Å². The Hall–Kier alpha value is -4.45. The molecule has 0 fully saturated rings. The van der Waals surface area contributed by atoms with Crippen molar-refractivity contribution in [1.29, 1.82) is 0 Å². The smallest absolute Gasteiger partial charge is 0.420 e. The first-order valence-corrected chi connectivity index (χ1v) is 11.8. The third-order valence-corrected chi connectivity index (χ3v) is 5.85. The average molecular weight is 542 g/mol. The molecule has 2 aromatic heterocycles. The number of carbonyl (C=O) groups is 2. The van der Waals surface area contributed by atoms with Gasteiger partial charge in [-0.25, -0.2) is 15.0 Å². The van der Waals surface area contributed by atoms with E-state index in [2.05, 4.69) is 15.4 Å². The van der Waals surface area contributed by atoms with Crippen LogP contribution in [0.4, 0.5) is 18.9 Å². The highest BCUT2D eigenvalue weighted by Gasteiger charge is 2.38. The van der Waals surface area contributed by atoms with Gasteiger partial charge in [0.1, 0.15) is 11.3 Å². The minimum atomic E-state index is -4.83. The van der Waals surface area contributed by atoms with E-state index in [9.17, 15) is 22.8 Å². The maximum atomic E-state index is 14.1. The fourth-order valence-electron chi connectivity index (χ4n) is 3.72. The highest BCUT2D eigenvalue weighted by molar-refractivity contribution is 5.95. The number of anilines is 1. The Balaban J connectivity index is 1.73. The first-order chi connectivity index (χ1) is 18.3. The lowest BCUT2D eigenvalue weighted by Gasteiger charge is -2.19. The molecule has 4 aromatic rings.